The minimum atomic E-state index is -0.476. The fraction of sp³-hybridized carbons (Fsp3) is 0.350. The summed E-state index contributed by atoms with van der Waals surface area (Å²) in [5.41, 5.74) is 1.51. The molecule has 7 heteroatoms. The van der Waals surface area contributed by atoms with E-state index in [0.717, 1.165) is 5.56 Å². The number of Topliss-reactive ketones (excluding diaryl/α,β-unsaturated/α-hetero) is 1. The van der Waals surface area contributed by atoms with Crippen LogP contribution in [-0.4, -0.2) is 23.9 Å². The maximum absolute atomic E-state index is 11.6. The minimum Gasteiger partial charge on any atom is -0.486 e. The van der Waals surface area contributed by atoms with Crippen molar-refractivity contribution in [3.8, 4) is 11.5 Å². The number of fused-ring (bicyclic) bond motifs is 1. The lowest BCUT2D eigenvalue weighted by atomic mass is 9.95. The van der Waals surface area contributed by atoms with Gasteiger partial charge in [0.05, 0.1) is 11.0 Å². The third-order valence-corrected chi connectivity index (χ3v) is 4.50. The molecular formula is C20H22N2O5. The lowest BCUT2D eigenvalue weighted by Gasteiger charge is -2.26. The van der Waals surface area contributed by atoms with E-state index in [1.54, 1.807) is 12.1 Å². The predicted octanol–water partition coefficient (Wildman–Crippen LogP) is 4.38. The van der Waals surface area contributed by atoms with Crippen LogP contribution in [0.15, 0.2) is 36.4 Å². The molecule has 1 aliphatic heterocycles. The summed E-state index contributed by atoms with van der Waals surface area (Å²) in [5.74, 6) is 1.31. The molecule has 0 saturated carbocycles. The number of hydrogen-bond acceptors (Lipinski definition) is 6. The Morgan fingerprint density at radius 3 is 2.44 bits per heavy atom. The van der Waals surface area contributed by atoms with Gasteiger partial charge in [0, 0.05) is 11.6 Å². The van der Waals surface area contributed by atoms with Crippen molar-refractivity contribution < 1.29 is 19.2 Å². The smallest absolute Gasteiger partial charge is 0.293 e. The predicted molar refractivity (Wildman–Crippen MR) is 102 cm³/mol. The summed E-state index contributed by atoms with van der Waals surface area (Å²) in [6.45, 7) is 6.47. The topological polar surface area (TPSA) is 90.7 Å². The fourth-order valence-corrected chi connectivity index (χ4v) is 3.08. The van der Waals surface area contributed by atoms with Gasteiger partial charge in [-0.3, -0.25) is 14.9 Å². The van der Waals surface area contributed by atoms with Crippen LogP contribution in [0.3, 0.4) is 0 Å². The fourth-order valence-electron chi connectivity index (χ4n) is 3.08. The number of benzene rings is 2. The van der Waals surface area contributed by atoms with Gasteiger partial charge >= 0.3 is 0 Å². The van der Waals surface area contributed by atoms with Crippen molar-refractivity contribution in [2.45, 2.75) is 26.8 Å². The number of nitrogens with zero attached hydrogens (tertiary/aromatic N) is 1. The molecule has 0 amide bonds. The van der Waals surface area contributed by atoms with Gasteiger partial charge in [-0.25, -0.2) is 0 Å². The second kappa shape index (κ2) is 7.65. The van der Waals surface area contributed by atoms with Crippen molar-refractivity contribution in [1.82, 2.24) is 0 Å². The third kappa shape index (κ3) is 4.02. The zero-order valence-electron chi connectivity index (χ0n) is 15.5. The van der Waals surface area contributed by atoms with Gasteiger partial charge in [0.25, 0.3) is 5.69 Å². The number of ether oxygens (including phenoxy) is 2. The Kier molecular flexibility index (Phi) is 5.30. The van der Waals surface area contributed by atoms with Crippen LogP contribution in [0.1, 0.15) is 42.7 Å². The van der Waals surface area contributed by atoms with Gasteiger partial charge < -0.3 is 14.8 Å². The standard InChI is InChI=1S/C20H22N2O5/c1-12(2)20(15-5-7-18-19(11-15)27-9-8-26-18)21-16-6-4-14(13(3)23)10-17(16)22(24)25/h4-7,10-12,20-21H,8-9H2,1-3H3. The van der Waals surface area contributed by atoms with Gasteiger partial charge in [0.2, 0.25) is 0 Å². The molecule has 0 bridgehead atoms. The summed E-state index contributed by atoms with van der Waals surface area (Å²) in [6.07, 6.45) is 0. The Hall–Kier alpha value is -3.09. The monoisotopic (exact) mass is 370 g/mol. The normalized spacial score (nSPS) is 13.9. The lowest BCUT2D eigenvalue weighted by molar-refractivity contribution is -0.384. The number of rotatable bonds is 6. The summed E-state index contributed by atoms with van der Waals surface area (Å²) in [7, 11) is 0. The number of carbonyl (C=O) groups is 1. The van der Waals surface area contributed by atoms with Crippen LogP contribution in [0.25, 0.3) is 0 Å². The zero-order chi connectivity index (χ0) is 19.6. The molecule has 1 N–H and O–H groups in total. The van der Waals surface area contributed by atoms with Gasteiger partial charge in [-0.15, -0.1) is 0 Å². The van der Waals surface area contributed by atoms with Crippen molar-refractivity contribution in [3.05, 3.63) is 57.6 Å². The van der Waals surface area contributed by atoms with Crippen LogP contribution in [0.2, 0.25) is 0 Å². The van der Waals surface area contributed by atoms with Crippen LogP contribution in [-0.2, 0) is 0 Å². The van der Waals surface area contributed by atoms with Gasteiger partial charge in [-0.05, 0) is 42.7 Å². The summed E-state index contributed by atoms with van der Waals surface area (Å²) in [6, 6.07) is 10.0. The van der Waals surface area contributed by atoms with E-state index in [1.807, 2.05) is 32.0 Å². The van der Waals surface area contributed by atoms with Crippen molar-refractivity contribution in [1.29, 1.82) is 0 Å². The number of anilines is 1. The van der Waals surface area contributed by atoms with Crippen LogP contribution in [0.4, 0.5) is 11.4 Å². The summed E-state index contributed by atoms with van der Waals surface area (Å²) in [5, 5.41) is 14.8. The third-order valence-electron chi connectivity index (χ3n) is 4.50. The quantitative estimate of drug-likeness (QED) is 0.461. The average molecular weight is 370 g/mol. The number of ketones is 1. The van der Waals surface area contributed by atoms with Gasteiger partial charge in [0.1, 0.15) is 18.9 Å². The molecule has 1 aliphatic rings. The Labute approximate surface area is 157 Å². The number of nitro benzene ring substituents is 1. The van der Waals surface area contributed by atoms with Crippen molar-refractivity contribution in [3.63, 3.8) is 0 Å². The Bertz CT molecular complexity index is 879. The largest absolute Gasteiger partial charge is 0.486 e. The molecule has 27 heavy (non-hydrogen) atoms. The molecule has 0 saturated heterocycles. The highest BCUT2D eigenvalue weighted by molar-refractivity contribution is 5.95. The van der Waals surface area contributed by atoms with Crippen LogP contribution in [0, 0.1) is 16.0 Å². The first kappa shape index (κ1) is 18.7. The molecule has 142 valence electrons. The van der Waals surface area contributed by atoms with E-state index >= 15 is 0 Å². The summed E-state index contributed by atoms with van der Waals surface area (Å²) < 4.78 is 11.2. The molecule has 3 rings (SSSR count). The number of nitro groups is 1. The highest BCUT2D eigenvalue weighted by Crippen LogP contribution is 2.37. The molecule has 2 aromatic carbocycles. The summed E-state index contributed by atoms with van der Waals surface area (Å²) >= 11 is 0. The summed E-state index contributed by atoms with van der Waals surface area (Å²) in [4.78, 5) is 22.6. The van der Waals surface area contributed by atoms with Crippen LogP contribution >= 0.6 is 0 Å². The van der Waals surface area contributed by atoms with Gasteiger partial charge in [-0.1, -0.05) is 19.9 Å². The van der Waals surface area contributed by atoms with E-state index in [0.29, 0.717) is 36.0 Å². The molecule has 1 heterocycles. The average Bonchev–Trinajstić information content (AvgIpc) is 2.65. The van der Waals surface area contributed by atoms with Crippen molar-refractivity contribution in [2.24, 2.45) is 5.92 Å². The Morgan fingerprint density at radius 1 is 1.11 bits per heavy atom. The SMILES string of the molecule is CC(=O)c1ccc(NC(c2ccc3c(c2)OCCO3)C(C)C)c([N+](=O)[O-])c1. The van der Waals surface area contributed by atoms with Crippen LogP contribution in [0.5, 0.6) is 11.5 Å². The maximum Gasteiger partial charge on any atom is 0.293 e. The van der Waals surface area contributed by atoms with Crippen molar-refractivity contribution in [2.75, 3.05) is 18.5 Å². The molecule has 1 unspecified atom stereocenters. The first-order valence-corrected chi connectivity index (χ1v) is 8.82. The van der Waals surface area contributed by atoms with E-state index < -0.39 is 4.92 Å². The molecule has 0 spiro atoms. The Morgan fingerprint density at radius 2 is 1.81 bits per heavy atom. The number of nitrogens with one attached hydrogen (secondary N) is 1. The molecule has 0 aromatic heterocycles. The van der Waals surface area contributed by atoms with Gasteiger partial charge in [0.15, 0.2) is 17.3 Å². The number of carbonyl (C=O) groups excluding carboxylic acids is 1. The second-order valence-corrected chi connectivity index (χ2v) is 6.81. The molecule has 0 radical (unpaired) electrons. The first-order chi connectivity index (χ1) is 12.9. The van der Waals surface area contributed by atoms with E-state index in [4.69, 9.17) is 9.47 Å². The maximum atomic E-state index is 11.6. The number of hydrogen-bond donors (Lipinski definition) is 1. The Balaban J connectivity index is 1.95. The molecule has 1 atom stereocenters. The van der Waals surface area contributed by atoms with Gasteiger partial charge in [-0.2, -0.15) is 0 Å². The lowest BCUT2D eigenvalue weighted by Crippen LogP contribution is -2.19. The van der Waals surface area contributed by atoms with E-state index in [9.17, 15) is 14.9 Å². The van der Waals surface area contributed by atoms with E-state index in [2.05, 4.69) is 5.32 Å². The van der Waals surface area contributed by atoms with E-state index in [-0.39, 0.29) is 23.4 Å². The molecule has 2 aromatic rings. The van der Waals surface area contributed by atoms with E-state index in [1.165, 1.54) is 13.0 Å². The highest BCUT2D eigenvalue weighted by Gasteiger charge is 2.23. The molecule has 0 fully saturated rings. The first-order valence-electron chi connectivity index (χ1n) is 8.82. The van der Waals surface area contributed by atoms with Crippen LogP contribution < -0.4 is 14.8 Å². The minimum absolute atomic E-state index is 0.120. The molecular weight excluding hydrogens is 348 g/mol. The van der Waals surface area contributed by atoms with Crippen molar-refractivity contribution >= 4 is 17.2 Å². The molecule has 7 nitrogen and oxygen atoms in total. The highest BCUT2D eigenvalue weighted by atomic mass is 16.6. The molecule has 0 aliphatic carbocycles. The zero-order valence-corrected chi connectivity index (χ0v) is 15.5. The second-order valence-electron chi connectivity index (χ2n) is 6.81.